The maximum Gasteiger partial charge on any atom is 0.341 e. The first-order valence-corrected chi connectivity index (χ1v) is 9.35. The number of hydrogen-bond donors (Lipinski definition) is 1. The van der Waals surface area contributed by atoms with Gasteiger partial charge in [-0.2, -0.15) is 0 Å². The first-order chi connectivity index (χ1) is 11.5. The molecule has 5 nitrogen and oxygen atoms in total. The van der Waals surface area contributed by atoms with Crippen LogP contribution in [0.15, 0.2) is 24.4 Å². The molecule has 0 spiro atoms. The lowest BCUT2D eigenvalue weighted by Gasteiger charge is -2.29. The lowest BCUT2D eigenvalue weighted by atomic mass is 10.1. The van der Waals surface area contributed by atoms with Crippen LogP contribution in [0.2, 0.25) is 0 Å². The first kappa shape index (κ1) is 18.9. The SMILES string of the molecule is CCOC(=O)c1cnc2ccc(I)cc2c1NC(C)N(CC)CC. The van der Waals surface area contributed by atoms with Gasteiger partial charge in [0.15, 0.2) is 0 Å². The molecule has 0 saturated heterocycles. The molecule has 0 amide bonds. The fourth-order valence-corrected chi connectivity index (χ4v) is 3.25. The molecule has 0 aliphatic heterocycles. The molecule has 0 radical (unpaired) electrons. The van der Waals surface area contributed by atoms with E-state index in [-0.39, 0.29) is 12.1 Å². The molecule has 1 aromatic heterocycles. The van der Waals surface area contributed by atoms with E-state index in [1.165, 1.54) is 0 Å². The molecule has 1 N–H and O–H groups in total. The smallest absolute Gasteiger partial charge is 0.341 e. The van der Waals surface area contributed by atoms with E-state index in [0.717, 1.165) is 33.3 Å². The third kappa shape index (κ3) is 4.16. The summed E-state index contributed by atoms with van der Waals surface area (Å²) in [4.78, 5) is 19.1. The van der Waals surface area contributed by atoms with Crippen molar-refractivity contribution >= 4 is 45.2 Å². The number of pyridine rings is 1. The van der Waals surface area contributed by atoms with Gasteiger partial charge in [-0.15, -0.1) is 0 Å². The fourth-order valence-electron chi connectivity index (χ4n) is 2.76. The second kappa shape index (κ2) is 8.62. The van der Waals surface area contributed by atoms with E-state index < -0.39 is 0 Å². The molecule has 130 valence electrons. The summed E-state index contributed by atoms with van der Waals surface area (Å²) in [6, 6.07) is 6.03. The number of nitrogens with one attached hydrogen (secondary N) is 1. The molecular formula is C18H24IN3O2. The summed E-state index contributed by atoms with van der Waals surface area (Å²) >= 11 is 2.27. The molecule has 1 unspecified atom stereocenters. The van der Waals surface area contributed by atoms with E-state index in [1.807, 2.05) is 18.2 Å². The number of aromatic nitrogens is 1. The van der Waals surface area contributed by atoms with Crippen LogP contribution in [0.25, 0.3) is 10.9 Å². The highest BCUT2D eigenvalue weighted by atomic mass is 127. The van der Waals surface area contributed by atoms with Crippen LogP contribution < -0.4 is 5.32 Å². The lowest BCUT2D eigenvalue weighted by molar-refractivity contribution is 0.0527. The standard InChI is InChI=1S/C18H24IN3O2/c1-5-22(6-2)12(4)21-17-14-10-13(19)8-9-16(14)20-11-15(17)18(23)24-7-3/h8-12H,5-7H2,1-4H3,(H,20,21). The van der Waals surface area contributed by atoms with Crippen LogP contribution in [0.1, 0.15) is 38.1 Å². The lowest BCUT2D eigenvalue weighted by Crippen LogP contribution is -2.38. The molecule has 2 aromatic rings. The number of rotatable bonds is 7. The Balaban J connectivity index is 2.54. The fraction of sp³-hybridized carbons (Fsp3) is 0.444. The molecule has 6 heteroatoms. The zero-order valence-corrected chi connectivity index (χ0v) is 16.8. The van der Waals surface area contributed by atoms with Crippen LogP contribution in [-0.4, -0.2) is 41.7 Å². The molecule has 0 aliphatic rings. The minimum absolute atomic E-state index is 0.0941. The number of nitrogens with zero attached hydrogens (tertiary/aromatic N) is 2. The summed E-state index contributed by atoms with van der Waals surface area (Å²) in [6.07, 6.45) is 1.70. The van der Waals surface area contributed by atoms with Crippen molar-refractivity contribution < 1.29 is 9.53 Å². The van der Waals surface area contributed by atoms with Gasteiger partial charge in [0.05, 0.1) is 24.0 Å². The van der Waals surface area contributed by atoms with Gasteiger partial charge in [-0.3, -0.25) is 9.88 Å². The first-order valence-electron chi connectivity index (χ1n) is 8.27. The highest BCUT2D eigenvalue weighted by Crippen LogP contribution is 2.29. The number of benzene rings is 1. The molecule has 1 aromatic carbocycles. The topological polar surface area (TPSA) is 54.5 Å². The number of ether oxygens (including phenoxy) is 1. The van der Waals surface area contributed by atoms with Gasteiger partial charge >= 0.3 is 5.97 Å². The number of halogens is 1. The van der Waals surface area contributed by atoms with Gasteiger partial charge in [0.1, 0.15) is 5.56 Å². The maximum atomic E-state index is 12.4. The average molecular weight is 441 g/mol. The van der Waals surface area contributed by atoms with Crippen molar-refractivity contribution in [2.24, 2.45) is 0 Å². The Hall–Kier alpha value is -1.41. The molecule has 2 rings (SSSR count). The summed E-state index contributed by atoms with van der Waals surface area (Å²) in [5.74, 6) is -0.347. The Bertz CT molecular complexity index is 717. The number of fused-ring (bicyclic) bond motifs is 1. The van der Waals surface area contributed by atoms with Gasteiger partial charge in [0.2, 0.25) is 0 Å². The summed E-state index contributed by atoms with van der Waals surface area (Å²) in [5, 5.41) is 4.44. The van der Waals surface area contributed by atoms with E-state index >= 15 is 0 Å². The van der Waals surface area contributed by atoms with Crippen molar-refractivity contribution in [1.82, 2.24) is 9.88 Å². The van der Waals surface area contributed by atoms with Gasteiger partial charge in [-0.25, -0.2) is 4.79 Å². The summed E-state index contributed by atoms with van der Waals surface area (Å²) in [5.41, 5.74) is 2.12. The van der Waals surface area contributed by atoms with Crippen LogP contribution in [0.5, 0.6) is 0 Å². The van der Waals surface area contributed by atoms with Crippen molar-refractivity contribution in [2.75, 3.05) is 25.0 Å². The molecule has 1 heterocycles. The molecule has 0 fully saturated rings. The molecule has 1 atom stereocenters. The molecule has 0 aliphatic carbocycles. The zero-order valence-electron chi connectivity index (χ0n) is 14.6. The Morgan fingerprint density at radius 3 is 2.67 bits per heavy atom. The minimum Gasteiger partial charge on any atom is -0.462 e. The molecular weight excluding hydrogens is 417 g/mol. The van der Waals surface area contributed by atoms with E-state index in [1.54, 1.807) is 13.1 Å². The maximum absolute atomic E-state index is 12.4. The number of esters is 1. The van der Waals surface area contributed by atoms with E-state index in [4.69, 9.17) is 4.74 Å². The summed E-state index contributed by atoms with van der Waals surface area (Å²) < 4.78 is 6.31. The number of anilines is 1. The predicted molar refractivity (Wildman–Crippen MR) is 106 cm³/mol. The highest BCUT2D eigenvalue weighted by molar-refractivity contribution is 14.1. The quantitative estimate of drug-likeness (QED) is 0.398. The molecule has 24 heavy (non-hydrogen) atoms. The van der Waals surface area contributed by atoms with Gasteiger partial charge in [-0.1, -0.05) is 13.8 Å². The average Bonchev–Trinajstić information content (AvgIpc) is 2.56. The van der Waals surface area contributed by atoms with Crippen molar-refractivity contribution in [3.8, 4) is 0 Å². The second-order valence-corrected chi connectivity index (χ2v) is 6.72. The van der Waals surface area contributed by atoms with Crippen molar-refractivity contribution in [3.05, 3.63) is 33.5 Å². The minimum atomic E-state index is -0.347. The third-order valence-corrected chi connectivity index (χ3v) is 4.71. The third-order valence-electron chi connectivity index (χ3n) is 4.04. The Morgan fingerprint density at radius 2 is 2.04 bits per heavy atom. The number of hydrogen-bond acceptors (Lipinski definition) is 5. The molecule has 0 bridgehead atoms. The Kier molecular flexibility index (Phi) is 6.79. The largest absolute Gasteiger partial charge is 0.462 e. The summed E-state index contributed by atoms with van der Waals surface area (Å²) in [6.45, 7) is 10.4. The van der Waals surface area contributed by atoms with Gasteiger partial charge in [0, 0.05) is 15.2 Å². The van der Waals surface area contributed by atoms with Crippen LogP contribution in [-0.2, 0) is 4.74 Å². The van der Waals surface area contributed by atoms with Gasteiger partial charge in [-0.05, 0) is 67.7 Å². The highest BCUT2D eigenvalue weighted by Gasteiger charge is 2.20. The van der Waals surface area contributed by atoms with Crippen molar-refractivity contribution in [2.45, 2.75) is 33.9 Å². The van der Waals surface area contributed by atoms with E-state index in [9.17, 15) is 4.79 Å². The second-order valence-electron chi connectivity index (χ2n) is 5.47. The van der Waals surface area contributed by atoms with Gasteiger partial charge < -0.3 is 10.1 Å². The monoisotopic (exact) mass is 441 g/mol. The normalized spacial score (nSPS) is 12.4. The zero-order chi connectivity index (χ0) is 17.7. The van der Waals surface area contributed by atoms with Gasteiger partial charge in [0.25, 0.3) is 0 Å². The van der Waals surface area contributed by atoms with Crippen LogP contribution in [0.4, 0.5) is 5.69 Å². The summed E-state index contributed by atoms with van der Waals surface area (Å²) in [7, 11) is 0. The van der Waals surface area contributed by atoms with Crippen LogP contribution in [0, 0.1) is 3.57 Å². The Morgan fingerprint density at radius 1 is 1.33 bits per heavy atom. The van der Waals surface area contributed by atoms with E-state index in [0.29, 0.717) is 12.2 Å². The van der Waals surface area contributed by atoms with E-state index in [2.05, 4.69) is 58.6 Å². The van der Waals surface area contributed by atoms with Crippen molar-refractivity contribution in [3.63, 3.8) is 0 Å². The molecule has 0 saturated carbocycles. The number of carbonyl (C=O) groups excluding carboxylic acids is 1. The Labute approximate surface area is 156 Å². The van der Waals surface area contributed by atoms with Crippen molar-refractivity contribution in [1.29, 1.82) is 0 Å². The number of carbonyl (C=O) groups is 1. The predicted octanol–water partition coefficient (Wildman–Crippen LogP) is 4.12. The van der Waals surface area contributed by atoms with Crippen LogP contribution in [0.3, 0.4) is 0 Å². The van der Waals surface area contributed by atoms with Crippen LogP contribution >= 0.6 is 22.6 Å².